The van der Waals surface area contributed by atoms with Crippen molar-refractivity contribution in [2.24, 2.45) is 10.2 Å². The van der Waals surface area contributed by atoms with Gasteiger partial charge in [-0.3, -0.25) is 10.1 Å². The molecule has 7 nitrogen and oxygen atoms in total. The third kappa shape index (κ3) is 3.56. The number of hydrogen-bond acceptors (Lipinski definition) is 6. The maximum atomic E-state index is 10.7. The zero-order chi connectivity index (χ0) is 15.6. The van der Waals surface area contributed by atoms with E-state index in [-0.39, 0.29) is 22.9 Å². The number of phenolic OH excluding ortho intramolecular Hbond substituents is 2. The summed E-state index contributed by atoms with van der Waals surface area (Å²) in [6.07, 6.45) is 0. The van der Waals surface area contributed by atoms with E-state index in [0.29, 0.717) is 14.6 Å². The Hall–Kier alpha value is -2.00. The molecule has 0 fully saturated rings. The minimum Gasteiger partial charge on any atom is -0.508 e. The first kappa shape index (κ1) is 15.4. The average Bonchev–Trinajstić information content (AvgIpc) is 2.39. The highest BCUT2D eigenvalue weighted by atomic mass is 79.9. The molecule has 0 saturated heterocycles. The van der Waals surface area contributed by atoms with Gasteiger partial charge in [-0.2, -0.15) is 0 Å². The summed E-state index contributed by atoms with van der Waals surface area (Å²) in [5.41, 5.74) is 0.401. The van der Waals surface area contributed by atoms with E-state index in [4.69, 9.17) is 0 Å². The van der Waals surface area contributed by atoms with Crippen LogP contribution in [0.15, 0.2) is 49.5 Å². The van der Waals surface area contributed by atoms with Crippen molar-refractivity contribution in [1.82, 2.24) is 0 Å². The molecule has 2 rings (SSSR count). The summed E-state index contributed by atoms with van der Waals surface area (Å²) in [6, 6.07) is 6.48. The van der Waals surface area contributed by atoms with Crippen molar-refractivity contribution >= 4 is 48.9 Å². The van der Waals surface area contributed by atoms with E-state index in [0.717, 1.165) is 6.07 Å². The van der Waals surface area contributed by atoms with Crippen LogP contribution in [0.25, 0.3) is 0 Å². The zero-order valence-electron chi connectivity index (χ0n) is 10.2. The minimum atomic E-state index is -0.526. The molecule has 2 aromatic rings. The van der Waals surface area contributed by atoms with Crippen LogP contribution in [0.3, 0.4) is 0 Å². The van der Waals surface area contributed by atoms with E-state index in [9.17, 15) is 20.3 Å². The summed E-state index contributed by atoms with van der Waals surface area (Å²) in [5, 5.41) is 37.3. The van der Waals surface area contributed by atoms with Crippen LogP contribution in [0.5, 0.6) is 11.5 Å². The molecule has 0 spiro atoms. The normalized spacial score (nSPS) is 11.0. The lowest BCUT2D eigenvalue weighted by molar-refractivity contribution is -0.385. The number of azo groups is 1. The molecular formula is C12H7Br2N3O4. The van der Waals surface area contributed by atoms with E-state index in [1.165, 1.54) is 24.3 Å². The molecule has 0 heterocycles. The maximum absolute atomic E-state index is 10.7. The lowest BCUT2D eigenvalue weighted by atomic mass is 10.3. The minimum absolute atomic E-state index is 0.0934. The Labute approximate surface area is 135 Å². The number of aromatic hydroxyl groups is 2. The van der Waals surface area contributed by atoms with Crippen molar-refractivity contribution in [3.63, 3.8) is 0 Å². The first-order valence-corrected chi connectivity index (χ1v) is 7.04. The monoisotopic (exact) mass is 415 g/mol. The Kier molecular flexibility index (Phi) is 4.53. The number of halogens is 2. The number of non-ortho nitro benzene ring substituents is 1. The fourth-order valence-electron chi connectivity index (χ4n) is 1.45. The fourth-order valence-corrected chi connectivity index (χ4v) is 2.77. The predicted molar refractivity (Wildman–Crippen MR) is 82.4 cm³/mol. The van der Waals surface area contributed by atoms with Crippen LogP contribution in [0, 0.1) is 10.1 Å². The number of nitro groups is 1. The highest BCUT2D eigenvalue weighted by molar-refractivity contribution is 9.11. The van der Waals surface area contributed by atoms with Gasteiger partial charge in [-0.1, -0.05) is 0 Å². The SMILES string of the molecule is O=[N+]([O-])c1cc(Br)c(N=Nc2ccc(O)cc2O)c(Br)c1. The molecule has 0 aromatic heterocycles. The van der Waals surface area contributed by atoms with Gasteiger partial charge in [-0.15, -0.1) is 10.2 Å². The lowest BCUT2D eigenvalue weighted by Crippen LogP contribution is -1.87. The highest BCUT2D eigenvalue weighted by Gasteiger charge is 2.14. The Morgan fingerprint density at radius 2 is 1.67 bits per heavy atom. The van der Waals surface area contributed by atoms with Crippen molar-refractivity contribution in [1.29, 1.82) is 0 Å². The molecule has 0 saturated carbocycles. The number of phenols is 2. The van der Waals surface area contributed by atoms with Crippen LogP contribution in [-0.2, 0) is 0 Å². The first-order valence-electron chi connectivity index (χ1n) is 5.45. The highest BCUT2D eigenvalue weighted by Crippen LogP contribution is 2.39. The third-order valence-corrected chi connectivity index (χ3v) is 3.64. The second kappa shape index (κ2) is 6.19. The molecule has 0 aliphatic heterocycles. The van der Waals surface area contributed by atoms with Gasteiger partial charge in [0, 0.05) is 18.2 Å². The summed E-state index contributed by atoms with van der Waals surface area (Å²) in [4.78, 5) is 10.2. The number of nitrogens with zero attached hydrogens (tertiary/aromatic N) is 3. The molecule has 21 heavy (non-hydrogen) atoms. The average molecular weight is 417 g/mol. The number of hydrogen-bond donors (Lipinski definition) is 2. The second-order valence-electron chi connectivity index (χ2n) is 3.89. The van der Waals surface area contributed by atoms with E-state index in [1.807, 2.05) is 0 Å². The van der Waals surface area contributed by atoms with Crippen molar-refractivity contribution in [3.8, 4) is 11.5 Å². The molecule has 0 radical (unpaired) electrons. The molecule has 0 unspecified atom stereocenters. The zero-order valence-corrected chi connectivity index (χ0v) is 13.4. The quantitative estimate of drug-likeness (QED) is 0.419. The fraction of sp³-hybridized carbons (Fsp3) is 0. The smallest absolute Gasteiger partial charge is 0.271 e. The van der Waals surface area contributed by atoms with Gasteiger partial charge >= 0.3 is 0 Å². The molecule has 0 aliphatic rings. The van der Waals surface area contributed by atoms with Gasteiger partial charge in [0.15, 0.2) is 0 Å². The maximum Gasteiger partial charge on any atom is 0.271 e. The molecule has 0 atom stereocenters. The molecule has 108 valence electrons. The molecule has 0 bridgehead atoms. The van der Waals surface area contributed by atoms with Gasteiger partial charge in [0.05, 0.1) is 13.9 Å². The van der Waals surface area contributed by atoms with Gasteiger partial charge in [0.2, 0.25) is 0 Å². The molecule has 0 aliphatic carbocycles. The summed E-state index contributed by atoms with van der Waals surface area (Å²) >= 11 is 6.36. The van der Waals surface area contributed by atoms with Gasteiger partial charge in [-0.25, -0.2) is 0 Å². The van der Waals surface area contributed by atoms with Crippen LogP contribution in [0.2, 0.25) is 0 Å². The van der Waals surface area contributed by atoms with Crippen LogP contribution < -0.4 is 0 Å². The van der Waals surface area contributed by atoms with E-state index in [2.05, 4.69) is 42.1 Å². The number of benzene rings is 2. The molecule has 2 N–H and O–H groups in total. The number of nitro benzene ring substituents is 1. The topological polar surface area (TPSA) is 108 Å². The summed E-state index contributed by atoms with van der Waals surface area (Å²) < 4.78 is 0.760. The Balaban J connectivity index is 2.39. The summed E-state index contributed by atoms with van der Waals surface area (Å²) in [6.45, 7) is 0. The van der Waals surface area contributed by atoms with Crippen LogP contribution in [0.1, 0.15) is 0 Å². The third-order valence-electron chi connectivity index (χ3n) is 2.43. The van der Waals surface area contributed by atoms with Gasteiger partial charge in [0.25, 0.3) is 5.69 Å². The van der Waals surface area contributed by atoms with Crippen LogP contribution >= 0.6 is 31.9 Å². The Bertz CT molecular complexity index is 726. The Morgan fingerprint density at radius 3 is 2.19 bits per heavy atom. The molecule has 2 aromatic carbocycles. The van der Waals surface area contributed by atoms with E-state index < -0.39 is 4.92 Å². The van der Waals surface area contributed by atoms with E-state index >= 15 is 0 Å². The summed E-state index contributed by atoms with van der Waals surface area (Å²) in [5.74, 6) is -0.322. The first-order chi connectivity index (χ1) is 9.88. The van der Waals surface area contributed by atoms with Crippen molar-refractivity contribution in [2.45, 2.75) is 0 Å². The van der Waals surface area contributed by atoms with Gasteiger partial charge in [-0.05, 0) is 44.0 Å². The van der Waals surface area contributed by atoms with Gasteiger partial charge in [0.1, 0.15) is 22.9 Å². The summed E-state index contributed by atoms with van der Waals surface area (Å²) in [7, 11) is 0. The molecular weight excluding hydrogens is 410 g/mol. The van der Waals surface area contributed by atoms with E-state index in [1.54, 1.807) is 0 Å². The van der Waals surface area contributed by atoms with Crippen LogP contribution in [-0.4, -0.2) is 15.1 Å². The van der Waals surface area contributed by atoms with Crippen LogP contribution in [0.4, 0.5) is 17.1 Å². The van der Waals surface area contributed by atoms with Gasteiger partial charge < -0.3 is 10.2 Å². The second-order valence-corrected chi connectivity index (χ2v) is 5.60. The number of rotatable bonds is 3. The largest absolute Gasteiger partial charge is 0.508 e. The lowest BCUT2D eigenvalue weighted by Gasteiger charge is -2.02. The van der Waals surface area contributed by atoms with Crippen molar-refractivity contribution in [3.05, 3.63) is 49.4 Å². The standard InChI is InChI=1S/C12H7Br2N3O4/c13-8-3-6(17(20)21)4-9(14)12(8)16-15-10-2-1-7(18)5-11(10)19/h1-5,18-19H. The molecule has 9 heteroatoms. The predicted octanol–water partition coefficient (Wildman–Crippen LogP) is 4.95. The van der Waals surface area contributed by atoms with Crippen molar-refractivity contribution < 1.29 is 15.1 Å². The Morgan fingerprint density at radius 1 is 1.05 bits per heavy atom. The van der Waals surface area contributed by atoms with Crippen molar-refractivity contribution in [2.75, 3.05) is 0 Å². The molecule has 0 amide bonds.